The molecule has 4 heterocycles. The van der Waals surface area contributed by atoms with E-state index in [2.05, 4.69) is 35.1 Å². The molecule has 118 valence electrons. The van der Waals surface area contributed by atoms with Crippen LogP contribution in [-0.4, -0.2) is 56.0 Å². The Balaban J connectivity index is 1.52. The van der Waals surface area contributed by atoms with Crippen LogP contribution in [0.25, 0.3) is 5.65 Å². The first kappa shape index (κ1) is 14.1. The van der Waals surface area contributed by atoms with E-state index in [9.17, 15) is 0 Å². The maximum atomic E-state index is 6.17. The van der Waals surface area contributed by atoms with Crippen molar-refractivity contribution >= 4 is 28.9 Å². The Morgan fingerprint density at radius 1 is 1.04 bits per heavy atom. The Hall–Kier alpha value is -2.48. The zero-order valence-corrected chi connectivity index (χ0v) is 13.3. The molecule has 3 aromatic rings. The molecule has 4 rings (SSSR count). The van der Waals surface area contributed by atoms with E-state index in [1.54, 1.807) is 10.7 Å². The number of aromatic nitrogens is 6. The van der Waals surface area contributed by atoms with Crippen LogP contribution in [0.4, 0.5) is 11.6 Å². The predicted octanol–water partition coefficient (Wildman–Crippen LogP) is 1.20. The van der Waals surface area contributed by atoms with Gasteiger partial charge in [0.2, 0.25) is 0 Å². The zero-order chi connectivity index (χ0) is 15.8. The molecule has 0 N–H and O–H groups in total. The van der Waals surface area contributed by atoms with E-state index >= 15 is 0 Å². The average molecular weight is 331 g/mol. The van der Waals surface area contributed by atoms with E-state index < -0.39 is 0 Å². The van der Waals surface area contributed by atoms with Gasteiger partial charge in [0, 0.05) is 26.2 Å². The average Bonchev–Trinajstić information content (AvgIpc) is 2.96. The molecule has 0 spiro atoms. The highest BCUT2D eigenvalue weighted by atomic mass is 35.5. The number of hydrogen-bond acceptors (Lipinski definition) is 7. The highest BCUT2D eigenvalue weighted by Gasteiger charge is 2.21. The molecule has 0 bridgehead atoms. The van der Waals surface area contributed by atoms with Gasteiger partial charge in [-0.1, -0.05) is 11.6 Å². The summed E-state index contributed by atoms with van der Waals surface area (Å²) in [7, 11) is 0. The lowest BCUT2D eigenvalue weighted by atomic mass is 10.3. The zero-order valence-electron chi connectivity index (χ0n) is 12.6. The first-order chi connectivity index (χ1) is 11.2. The third-order valence-electron chi connectivity index (χ3n) is 3.96. The molecular formula is C14H15ClN8. The van der Waals surface area contributed by atoms with E-state index in [-0.39, 0.29) is 0 Å². The van der Waals surface area contributed by atoms with Gasteiger partial charge >= 0.3 is 0 Å². The first-order valence-corrected chi connectivity index (χ1v) is 7.74. The van der Waals surface area contributed by atoms with E-state index in [4.69, 9.17) is 11.6 Å². The second-order valence-electron chi connectivity index (χ2n) is 5.38. The van der Waals surface area contributed by atoms with Crippen LogP contribution in [0.3, 0.4) is 0 Å². The summed E-state index contributed by atoms with van der Waals surface area (Å²) in [5, 5.41) is 13.3. The second-order valence-corrected chi connectivity index (χ2v) is 5.78. The highest BCUT2D eigenvalue weighted by Crippen LogP contribution is 2.23. The third kappa shape index (κ3) is 2.55. The van der Waals surface area contributed by atoms with Crippen LogP contribution in [-0.2, 0) is 0 Å². The van der Waals surface area contributed by atoms with Crippen molar-refractivity contribution in [2.45, 2.75) is 6.92 Å². The molecule has 1 aliphatic heterocycles. The Labute approximate surface area is 137 Å². The lowest BCUT2D eigenvalue weighted by Gasteiger charge is -2.36. The minimum Gasteiger partial charge on any atom is -0.352 e. The van der Waals surface area contributed by atoms with Crippen molar-refractivity contribution in [3.63, 3.8) is 0 Å². The number of hydrogen-bond donors (Lipinski definition) is 0. The molecule has 9 heteroatoms. The first-order valence-electron chi connectivity index (χ1n) is 7.37. The van der Waals surface area contributed by atoms with E-state index in [0.717, 1.165) is 49.3 Å². The Bertz CT molecular complexity index is 840. The molecule has 0 aliphatic carbocycles. The van der Waals surface area contributed by atoms with Crippen LogP contribution in [0.15, 0.2) is 24.7 Å². The van der Waals surface area contributed by atoms with Gasteiger partial charge in [0.1, 0.15) is 17.2 Å². The van der Waals surface area contributed by atoms with Gasteiger partial charge < -0.3 is 9.80 Å². The summed E-state index contributed by atoms with van der Waals surface area (Å²) in [6, 6.07) is 3.92. The third-order valence-corrected chi connectivity index (χ3v) is 4.22. The lowest BCUT2D eigenvalue weighted by Crippen LogP contribution is -2.47. The summed E-state index contributed by atoms with van der Waals surface area (Å²) in [4.78, 5) is 12.6. The molecule has 23 heavy (non-hydrogen) atoms. The van der Waals surface area contributed by atoms with Crippen LogP contribution >= 0.6 is 11.6 Å². The second kappa shape index (κ2) is 5.62. The van der Waals surface area contributed by atoms with Gasteiger partial charge in [0.05, 0.1) is 6.20 Å². The number of piperazine rings is 1. The van der Waals surface area contributed by atoms with Crippen LogP contribution in [0.5, 0.6) is 0 Å². The summed E-state index contributed by atoms with van der Waals surface area (Å²) >= 11 is 6.17. The summed E-state index contributed by atoms with van der Waals surface area (Å²) in [6.45, 7) is 5.25. The topological polar surface area (TPSA) is 75.3 Å². The molecular weight excluding hydrogens is 316 g/mol. The SMILES string of the molecule is Cc1nnc2ccc(N3CCN(c4ncncc4Cl)CC3)nn12. The normalized spacial score (nSPS) is 15.4. The van der Waals surface area contributed by atoms with Gasteiger partial charge in [-0.3, -0.25) is 0 Å². The Morgan fingerprint density at radius 3 is 2.61 bits per heavy atom. The van der Waals surface area contributed by atoms with Crippen LogP contribution in [0, 0.1) is 6.92 Å². The Kier molecular flexibility index (Phi) is 3.45. The molecule has 0 unspecified atom stereocenters. The largest absolute Gasteiger partial charge is 0.352 e. The molecule has 1 aliphatic rings. The minimum atomic E-state index is 0.584. The number of anilines is 2. The minimum absolute atomic E-state index is 0.584. The summed E-state index contributed by atoms with van der Waals surface area (Å²) in [5.74, 6) is 2.50. The number of nitrogens with zero attached hydrogens (tertiary/aromatic N) is 8. The molecule has 0 atom stereocenters. The quantitative estimate of drug-likeness (QED) is 0.699. The van der Waals surface area contributed by atoms with E-state index in [1.807, 2.05) is 19.1 Å². The summed E-state index contributed by atoms with van der Waals surface area (Å²) in [6.07, 6.45) is 3.15. The predicted molar refractivity (Wildman–Crippen MR) is 87.0 cm³/mol. The van der Waals surface area contributed by atoms with Crippen LogP contribution in [0.1, 0.15) is 5.82 Å². The van der Waals surface area contributed by atoms with Crippen molar-refractivity contribution in [1.82, 2.24) is 29.8 Å². The fourth-order valence-electron chi connectivity index (χ4n) is 2.74. The number of fused-ring (bicyclic) bond motifs is 1. The standard InChI is InChI=1S/C14H15ClN8/c1-10-18-19-12-2-3-13(20-23(10)12)21-4-6-22(7-5-21)14-11(15)8-16-9-17-14/h2-3,8-9H,4-7H2,1H3. The van der Waals surface area contributed by atoms with Crippen molar-refractivity contribution in [2.75, 3.05) is 36.0 Å². The van der Waals surface area contributed by atoms with Gasteiger partial charge in [0.25, 0.3) is 0 Å². The fraction of sp³-hybridized carbons (Fsp3) is 0.357. The van der Waals surface area contributed by atoms with Gasteiger partial charge in [-0.05, 0) is 19.1 Å². The molecule has 0 saturated carbocycles. The van der Waals surface area contributed by atoms with Crippen molar-refractivity contribution in [3.05, 3.63) is 35.5 Å². The maximum Gasteiger partial charge on any atom is 0.178 e. The molecule has 1 saturated heterocycles. The van der Waals surface area contributed by atoms with Gasteiger partial charge in [-0.2, -0.15) is 4.52 Å². The van der Waals surface area contributed by atoms with Crippen molar-refractivity contribution in [2.24, 2.45) is 0 Å². The van der Waals surface area contributed by atoms with E-state index in [1.165, 1.54) is 6.33 Å². The molecule has 1 fully saturated rings. The lowest BCUT2D eigenvalue weighted by molar-refractivity contribution is 0.635. The number of rotatable bonds is 2. The summed E-state index contributed by atoms with van der Waals surface area (Å²) < 4.78 is 1.77. The molecule has 8 nitrogen and oxygen atoms in total. The molecule has 0 amide bonds. The number of aryl methyl sites for hydroxylation is 1. The van der Waals surface area contributed by atoms with Crippen molar-refractivity contribution < 1.29 is 0 Å². The smallest absolute Gasteiger partial charge is 0.178 e. The molecule has 3 aromatic heterocycles. The van der Waals surface area contributed by atoms with Crippen molar-refractivity contribution in [3.8, 4) is 0 Å². The maximum absolute atomic E-state index is 6.17. The van der Waals surface area contributed by atoms with Crippen LogP contribution < -0.4 is 9.80 Å². The van der Waals surface area contributed by atoms with Gasteiger partial charge in [-0.25, -0.2) is 9.97 Å². The highest BCUT2D eigenvalue weighted by molar-refractivity contribution is 6.32. The van der Waals surface area contributed by atoms with Crippen LogP contribution in [0.2, 0.25) is 5.02 Å². The molecule has 0 aromatic carbocycles. The van der Waals surface area contributed by atoms with Gasteiger partial charge in [-0.15, -0.1) is 15.3 Å². The van der Waals surface area contributed by atoms with Crippen molar-refractivity contribution in [1.29, 1.82) is 0 Å². The number of halogens is 1. The van der Waals surface area contributed by atoms with E-state index in [0.29, 0.717) is 5.02 Å². The fourth-order valence-corrected chi connectivity index (χ4v) is 2.97. The molecule has 0 radical (unpaired) electrons. The van der Waals surface area contributed by atoms with Gasteiger partial charge in [0.15, 0.2) is 17.3 Å². The Morgan fingerprint density at radius 2 is 1.83 bits per heavy atom. The summed E-state index contributed by atoms with van der Waals surface area (Å²) in [5.41, 5.74) is 0.762. The monoisotopic (exact) mass is 330 g/mol.